The molecule has 5 heterocycles. The van der Waals surface area contributed by atoms with Gasteiger partial charge in [-0.3, -0.25) is 34.9 Å². The van der Waals surface area contributed by atoms with Crippen molar-refractivity contribution in [1.29, 1.82) is 0 Å². The summed E-state index contributed by atoms with van der Waals surface area (Å²) in [7, 11) is -4.58. The quantitative estimate of drug-likeness (QED) is 0.0115. The van der Waals surface area contributed by atoms with Gasteiger partial charge >= 0.3 is 0 Å². The number of piperidine rings is 2. The van der Waals surface area contributed by atoms with Gasteiger partial charge in [0.15, 0.2) is 0 Å². The number of fused-ring (bicyclic) bond motifs is 2. The Bertz CT molecular complexity index is 3540. The highest BCUT2D eigenvalue weighted by Crippen LogP contribution is 2.43. The van der Waals surface area contributed by atoms with E-state index in [1.54, 1.807) is 47.1 Å². The Morgan fingerprint density at radius 3 is 2.63 bits per heavy atom. The number of likely N-dealkylation sites (tertiary alicyclic amines) is 1. The summed E-state index contributed by atoms with van der Waals surface area (Å²) in [5.74, 6) is -0.519. The summed E-state index contributed by atoms with van der Waals surface area (Å²) in [5, 5.41) is 34.6. The van der Waals surface area contributed by atoms with E-state index < -0.39 is 27.9 Å². The Balaban J connectivity index is 0.703. The molecule has 0 spiro atoms. The minimum absolute atomic E-state index is 0.0687. The van der Waals surface area contributed by atoms with Gasteiger partial charge in [0, 0.05) is 103 Å². The molecule has 2 fully saturated rings. The molecule has 3 aliphatic heterocycles. The van der Waals surface area contributed by atoms with E-state index in [2.05, 4.69) is 66.8 Å². The first-order chi connectivity index (χ1) is 40.5. The molecule has 0 saturated carbocycles. The van der Waals surface area contributed by atoms with Crippen LogP contribution >= 0.6 is 23.4 Å². The van der Waals surface area contributed by atoms with Gasteiger partial charge in [-0.2, -0.15) is 0 Å². The largest absolute Gasteiger partial charge is 0.455 e. The van der Waals surface area contributed by atoms with Crippen molar-refractivity contribution in [1.82, 2.24) is 35.1 Å². The molecule has 4 aromatic carbocycles. The molecule has 2 saturated heterocycles. The van der Waals surface area contributed by atoms with Gasteiger partial charge in [0.25, 0.3) is 21.8 Å². The van der Waals surface area contributed by atoms with Crippen LogP contribution < -0.4 is 36.0 Å². The van der Waals surface area contributed by atoms with E-state index >= 15 is 0 Å². The Labute approximate surface area is 498 Å². The number of allylic oxidation sites excluding steroid dienone is 1. The topological polar surface area (TPSA) is 260 Å². The highest BCUT2D eigenvalue weighted by Gasteiger charge is 2.40. The zero-order chi connectivity index (χ0) is 59.0. The number of carbonyl (C=O) groups is 4. The fourth-order valence-electron chi connectivity index (χ4n) is 11.4. The summed E-state index contributed by atoms with van der Waals surface area (Å²) in [6.45, 7) is 10.8. The average Bonchev–Trinajstić information content (AvgIpc) is 2.20. The number of aromatic amines is 1. The van der Waals surface area contributed by atoms with Gasteiger partial charge in [0.2, 0.25) is 11.8 Å². The molecule has 4 amide bonds. The monoisotopic (exact) mass is 1200 g/mol. The SMILES string of the molecule is CC1(C)CCC(CNCCNc2ccc(C(=O)NS(=O)(=O)c3ccc(NCC4CCCN(CCOCCCSc5cccc6c5CN(C5CCC(=O)NC5=O)C6=O)C4)c(N(O)O)c3)c(Oc3cnc4[nH]ccc4c3)c2)=C(c2ccc(Cl)cc2)C1. The lowest BCUT2D eigenvalue weighted by atomic mass is 9.72. The molecule has 8 N–H and O–H groups in total. The highest BCUT2D eigenvalue weighted by molar-refractivity contribution is 7.99. The minimum atomic E-state index is -4.58. The highest BCUT2D eigenvalue weighted by atomic mass is 35.5. The molecule has 444 valence electrons. The number of hydrogen-bond acceptors (Lipinski definition) is 17. The number of nitrogens with zero attached hydrogens (tertiary/aromatic N) is 4. The molecule has 10 rings (SSSR count). The molecule has 4 aliphatic rings. The molecule has 2 aromatic heterocycles. The predicted octanol–water partition coefficient (Wildman–Crippen LogP) is 9.46. The van der Waals surface area contributed by atoms with Gasteiger partial charge in [-0.15, -0.1) is 17.0 Å². The number of halogens is 1. The van der Waals surface area contributed by atoms with E-state index in [-0.39, 0.29) is 62.4 Å². The third-order valence-corrected chi connectivity index (χ3v) is 18.6. The number of aromatic nitrogens is 2. The molecule has 23 heteroatoms. The number of ether oxygens (including phenoxy) is 2. The van der Waals surface area contributed by atoms with E-state index in [0.29, 0.717) is 73.5 Å². The maximum Gasteiger partial charge on any atom is 0.268 e. The Hall–Kier alpha value is -7.02. The van der Waals surface area contributed by atoms with Crippen molar-refractivity contribution in [2.24, 2.45) is 11.3 Å². The lowest BCUT2D eigenvalue weighted by molar-refractivity contribution is -0.136. The van der Waals surface area contributed by atoms with Gasteiger partial charge in [-0.1, -0.05) is 49.2 Å². The van der Waals surface area contributed by atoms with Crippen LogP contribution in [0.5, 0.6) is 11.5 Å². The fraction of sp³-hybridized carbons (Fsp3) is 0.393. The predicted molar refractivity (Wildman–Crippen MR) is 323 cm³/mol. The molecule has 0 radical (unpaired) electrons. The van der Waals surface area contributed by atoms with Crippen LogP contribution in [0.2, 0.25) is 5.02 Å². The van der Waals surface area contributed by atoms with Gasteiger partial charge in [-0.25, -0.2) is 18.1 Å². The summed E-state index contributed by atoms with van der Waals surface area (Å²) in [5.41, 5.74) is 6.88. The lowest BCUT2D eigenvalue weighted by Crippen LogP contribution is -2.52. The van der Waals surface area contributed by atoms with Crippen molar-refractivity contribution in [3.63, 3.8) is 0 Å². The number of thioether (sulfide) groups is 1. The van der Waals surface area contributed by atoms with Crippen molar-refractivity contribution < 1.29 is 47.5 Å². The summed E-state index contributed by atoms with van der Waals surface area (Å²) >= 11 is 7.88. The Kier molecular flexibility index (Phi) is 19.3. The number of carbonyl (C=O) groups excluding carboxylic acids is 4. The molecule has 84 heavy (non-hydrogen) atoms. The minimum Gasteiger partial charge on any atom is -0.455 e. The Morgan fingerprint density at radius 2 is 1.81 bits per heavy atom. The third kappa shape index (κ3) is 14.9. The van der Waals surface area contributed by atoms with Crippen LogP contribution in [-0.4, -0.2) is 133 Å². The van der Waals surface area contributed by atoms with Gasteiger partial charge in [-0.05, 0) is 146 Å². The zero-order valence-corrected chi connectivity index (χ0v) is 49.4. The van der Waals surface area contributed by atoms with Crippen molar-refractivity contribution in [2.45, 2.75) is 87.6 Å². The van der Waals surface area contributed by atoms with Crippen LogP contribution in [0.1, 0.15) is 97.1 Å². The molecule has 1 aliphatic carbocycles. The number of H-pyrrole nitrogens is 1. The van der Waals surface area contributed by atoms with Crippen LogP contribution in [0.3, 0.4) is 0 Å². The van der Waals surface area contributed by atoms with Crippen molar-refractivity contribution in [3.05, 3.63) is 136 Å². The van der Waals surface area contributed by atoms with Gasteiger partial charge in [0.05, 0.1) is 29.0 Å². The fourth-order valence-corrected chi connectivity index (χ4v) is 13.5. The van der Waals surface area contributed by atoms with Crippen LogP contribution in [0.4, 0.5) is 17.1 Å². The van der Waals surface area contributed by atoms with E-state index in [0.717, 1.165) is 92.4 Å². The first kappa shape index (κ1) is 60.1. The van der Waals surface area contributed by atoms with Crippen LogP contribution in [0, 0.1) is 11.3 Å². The molecular formula is C61H71ClN10O10S2. The van der Waals surface area contributed by atoms with Crippen LogP contribution in [0.25, 0.3) is 16.6 Å². The van der Waals surface area contributed by atoms with Crippen molar-refractivity contribution >= 4 is 90.7 Å². The molecule has 20 nitrogen and oxygen atoms in total. The van der Waals surface area contributed by atoms with E-state index in [4.69, 9.17) is 21.1 Å². The van der Waals surface area contributed by atoms with Crippen LogP contribution in [0.15, 0.2) is 119 Å². The maximum atomic E-state index is 14.0. The second kappa shape index (κ2) is 26.9. The van der Waals surface area contributed by atoms with E-state index in [1.807, 2.05) is 30.3 Å². The normalized spacial score (nSPS) is 18.2. The standard InChI is InChI=1S/C61H71ClN10O10S2/c1-61(2)21-19-42(49(33-61)40-9-11-43(62)12-10-40)35-63-23-24-64-44-13-15-48(54(31-44)82-45-30-41-20-22-65-57(41)67-36-45)58(74)69-84(79,80)46-14-16-51(53(32-46)72(77)78)66-34-39-6-4-25-70(37-39)26-28-81-27-5-29-83-55-8-3-7-47-50(55)38-71(60(47)76)52-17-18-56(73)68-59(52)75/h3,7-16,20,22,30-32,36,39,52,63-64,66,77-78H,4-6,17-19,21,23-29,33-35,37-38H2,1-2H3,(H,65,67)(H,69,74)(H,68,73,75). The number of imide groups is 1. The number of amides is 4. The summed E-state index contributed by atoms with van der Waals surface area (Å²) in [6.07, 6.45) is 9.53. The molecular weight excluding hydrogens is 1130 g/mol. The van der Waals surface area contributed by atoms with Crippen molar-refractivity contribution in [3.8, 4) is 11.5 Å². The summed E-state index contributed by atoms with van der Waals surface area (Å²) < 4.78 is 42.3. The zero-order valence-electron chi connectivity index (χ0n) is 47.0. The summed E-state index contributed by atoms with van der Waals surface area (Å²) in [6, 6.07) is 25.2. The first-order valence-corrected chi connectivity index (χ1v) is 31.3. The number of sulfonamides is 1. The first-order valence-electron chi connectivity index (χ1n) is 28.5. The number of rotatable bonds is 25. The molecule has 2 atom stereocenters. The Morgan fingerprint density at radius 1 is 0.964 bits per heavy atom. The van der Waals surface area contributed by atoms with Crippen LogP contribution in [-0.2, 0) is 30.9 Å². The lowest BCUT2D eigenvalue weighted by Gasteiger charge is -2.34. The smallest absolute Gasteiger partial charge is 0.268 e. The number of hydrogen-bond donors (Lipinski definition) is 8. The number of anilines is 3. The van der Waals surface area contributed by atoms with E-state index in [1.165, 1.54) is 41.1 Å². The van der Waals surface area contributed by atoms with E-state index in [9.17, 15) is 38.0 Å². The molecule has 6 aromatic rings. The number of pyridine rings is 1. The second-order valence-electron chi connectivity index (χ2n) is 22.5. The molecule has 2 unspecified atom stereocenters. The number of benzene rings is 4. The maximum absolute atomic E-state index is 14.0. The average molecular weight is 1200 g/mol. The van der Waals surface area contributed by atoms with Gasteiger partial charge in [0.1, 0.15) is 28.9 Å². The molecule has 0 bridgehead atoms. The third-order valence-electron chi connectivity index (χ3n) is 15.9. The summed E-state index contributed by atoms with van der Waals surface area (Å²) in [4.78, 5) is 63.4. The van der Waals surface area contributed by atoms with Crippen molar-refractivity contribution in [2.75, 3.05) is 80.6 Å². The van der Waals surface area contributed by atoms with Gasteiger partial charge < -0.3 is 40.2 Å². The number of nitrogens with one attached hydrogen (secondary N) is 6. The second-order valence-corrected chi connectivity index (χ2v) is 25.8.